The first-order valence-electron chi connectivity index (χ1n) is 8.36. The number of carbonyl (C=O) groups excluding carboxylic acids is 1. The van der Waals surface area contributed by atoms with Crippen LogP contribution in [-0.2, 0) is 11.2 Å². The molecule has 0 saturated carbocycles. The summed E-state index contributed by atoms with van der Waals surface area (Å²) in [5, 5.41) is 0. The number of piperidine rings is 1. The van der Waals surface area contributed by atoms with E-state index in [1.807, 2.05) is 17.0 Å². The molecule has 3 rings (SSSR count). The van der Waals surface area contributed by atoms with Gasteiger partial charge in [0, 0.05) is 43.9 Å². The number of H-pyrrole nitrogens is 1. The highest BCUT2D eigenvalue weighted by Crippen LogP contribution is 2.25. The van der Waals surface area contributed by atoms with Crippen molar-refractivity contribution in [1.82, 2.24) is 19.9 Å². The number of pyridine rings is 1. The van der Waals surface area contributed by atoms with Crippen LogP contribution < -0.4 is 5.56 Å². The zero-order chi connectivity index (χ0) is 16.9. The number of amides is 1. The molecule has 0 aliphatic carbocycles. The number of carbonyl (C=O) groups is 1. The molecule has 0 aromatic carbocycles. The molecule has 6 heteroatoms. The maximum absolute atomic E-state index is 12.5. The summed E-state index contributed by atoms with van der Waals surface area (Å²) in [4.78, 5) is 37.2. The molecule has 1 fully saturated rings. The molecule has 1 aliphatic rings. The second-order valence-electron chi connectivity index (χ2n) is 6.30. The first kappa shape index (κ1) is 16.4. The number of aromatic nitrogens is 3. The van der Waals surface area contributed by atoms with E-state index >= 15 is 0 Å². The average Bonchev–Trinajstić information content (AvgIpc) is 2.60. The van der Waals surface area contributed by atoms with E-state index in [1.165, 1.54) is 0 Å². The summed E-state index contributed by atoms with van der Waals surface area (Å²) in [5.74, 6) is 0.921. The molecular weight excluding hydrogens is 304 g/mol. The Morgan fingerprint density at radius 1 is 1.46 bits per heavy atom. The van der Waals surface area contributed by atoms with Gasteiger partial charge < -0.3 is 9.88 Å². The van der Waals surface area contributed by atoms with Gasteiger partial charge in [-0.2, -0.15) is 0 Å². The number of nitrogens with zero attached hydrogens (tertiary/aromatic N) is 3. The summed E-state index contributed by atoms with van der Waals surface area (Å²) in [6.45, 7) is 3.21. The SMILES string of the molecule is Cc1nc([C@H]2CCCN(C(=O)CCc3cccnc3)C2)cc(=O)[nH]1. The van der Waals surface area contributed by atoms with Crippen molar-refractivity contribution in [2.24, 2.45) is 0 Å². The molecule has 1 N–H and O–H groups in total. The molecule has 1 saturated heterocycles. The molecule has 24 heavy (non-hydrogen) atoms. The van der Waals surface area contributed by atoms with Gasteiger partial charge in [-0.25, -0.2) is 4.98 Å². The van der Waals surface area contributed by atoms with Crippen LogP contribution in [-0.4, -0.2) is 38.8 Å². The lowest BCUT2D eigenvalue weighted by atomic mass is 9.94. The second kappa shape index (κ2) is 7.38. The molecule has 6 nitrogen and oxygen atoms in total. The van der Waals surface area contributed by atoms with Gasteiger partial charge in [-0.3, -0.25) is 14.6 Å². The predicted octanol–water partition coefficient (Wildman–Crippen LogP) is 1.81. The molecule has 1 atom stereocenters. The number of aryl methyl sites for hydroxylation is 2. The first-order valence-corrected chi connectivity index (χ1v) is 8.36. The van der Waals surface area contributed by atoms with E-state index in [4.69, 9.17) is 0 Å². The highest BCUT2D eigenvalue weighted by Gasteiger charge is 2.25. The Morgan fingerprint density at radius 3 is 3.08 bits per heavy atom. The van der Waals surface area contributed by atoms with E-state index in [9.17, 15) is 9.59 Å². The van der Waals surface area contributed by atoms with Crippen LogP contribution in [0.15, 0.2) is 35.4 Å². The Labute approximate surface area is 141 Å². The van der Waals surface area contributed by atoms with Gasteiger partial charge in [-0.1, -0.05) is 6.07 Å². The Bertz CT molecular complexity index is 757. The van der Waals surface area contributed by atoms with Crippen LogP contribution in [0.1, 0.15) is 42.3 Å². The number of rotatable bonds is 4. The summed E-state index contributed by atoms with van der Waals surface area (Å²) in [6.07, 6.45) is 6.63. The summed E-state index contributed by atoms with van der Waals surface area (Å²) in [7, 11) is 0. The van der Waals surface area contributed by atoms with E-state index in [2.05, 4.69) is 15.0 Å². The molecule has 2 aromatic rings. The number of aromatic amines is 1. The minimum absolute atomic E-state index is 0.127. The molecule has 126 valence electrons. The van der Waals surface area contributed by atoms with Crippen molar-refractivity contribution in [2.45, 2.75) is 38.5 Å². The van der Waals surface area contributed by atoms with Crippen molar-refractivity contribution in [3.8, 4) is 0 Å². The quantitative estimate of drug-likeness (QED) is 0.929. The fourth-order valence-electron chi connectivity index (χ4n) is 3.21. The third kappa shape index (κ3) is 4.07. The largest absolute Gasteiger partial charge is 0.342 e. The standard InChI is InChI=1S/C18H22N4O2/c1-13-20-16(10-17(23)21-13)15-5-3-9-22(12-15)18(24)7-6-14-4-2-8-19-11-14/h2,4,8,10-11,15H,3,5-7,9,12H2,1H3,(H,20,21,23)/t15-/m0/s1. The van der Waals surface area contributed by atoms with Gasteiger partial charge in [0.2, 0.25) is 5.91 Å². The Morgan fingerprint density at radius 2 is 2.33 bits per heavy atom. The lowest BCUT2D eigenvalue weighted by Crippen LogP contribution is -2.39. The fourth-order valence-corrected chi connectivity index (χ4v) is 3.21. The Kier molecular flexibility index (Phi) is 5.03. The fraction of sp³-hybridized carbons (Fsp3) is 0.444. The van der Waals surface area contributed by atoms with Crippen LogP contribution in [0, 0.1) is 6.92 Å². The molecular formula is C18H22N4O2. The Balaban J connectivity index is 1.62. The molecule has 0 unspecified atom stereocenters. The molecule has 3 heterocycles. The molecule has 0 radical (unpaired) electrons. The van der Waals surface area contributed by atoms with E-state index in [1.54, 1.807) is 25.4 Å². The van der Waals surface area contributed by atoms with Crippen LogP contribution in [0.5, 0.6) is 0 Å². The van der Waals surface area contributed by atoms with Crippen molar-refractivity contribution >= 4 is 5.91 Å². The lowest BCUT2D eigenvalue weighted by Gasteiger charge is -2.32. The molecule has 1 aliphatic heterocycles. The third-order valence-corrected chi connectivity index (χ3v) is 4.42. The van der Waals surface area contributed by atoms with Crippen LogP contribution >= 0.6 is 0 Å². The van der Waals surface area contributed by atoms with Gasteiger partial charge in [0.1, 0.15) is 5.82 Å². The lowest BCUT2D eigenvalue weighted by molar-refractivity contribution is -0.132. The zero-order valence-electron chi connectivity index (χ0n) is 13.9. The predicted molar refractivity (Wildman–Crippen MR) is 90.7 cm³/mol. The summed E-state index contributed by atoms with van der Waals surface area (Å²) < 4.78 is 0. The van der Waals surface area contributed by atoms with Gasteiger partial charge in [0.15, 0.2) is 0 Å². The van der Waals surface area contributed by atoms with Crippen LogP contribution in [0.25, 0.3) is 0 Å². The monoisotopic (exact) mass is 326 g/mol. The summed E-state index contributed by atoms with van der Waals surface area (Å²) in [5.41, 5.74) is 1.74. The first-order chi connectivity index (χ1) is 11.6. The molecule has 2 aromatic heterocycles. The molecule has 0 bridgehead atoms. The van der Waals surface area contributed by atoms with Gasteiger partial charge in [0.05, 0.1) is 5.69 Å². The molecule has 1 amide bonds. The van der Waals surface area contributed by atoms with E-state index < -0.39 is 0 Å². The zero-order valence-corrected chi connectivity index (χ0v) is 13.9. The van der Waals surface area contributed by atoms with Crippen molar-refractivity contribution in [3.05, 3.63) is 58.0 Å². The second-order valence-corrected chi connectivity index (χ2v) is 6.30. The summed E-state index contributed by atoms with van der Waals surface area (Å²) >= 11 is 0. The van der Waals surface area contributed by atoms with Crippen molar-refractivity contribution in [3.63, 3.8) is 0 Å². The number of hydrogen-bond donors (Lipinski definition) is 1. The van der Waals surface area contributed by atoms with Crippen molar-refractivity contribution in [2.75, 3.05) is 13.1 Å². The third-order valence-electron chi connectivity index (χ3n) is 4.42. The topological polar surface area (TPSA) is 79.0 Å². The number of nitrogens with one attached hydrogen (secondary N) is 1. The van der Waals surface area contributed by atoms with E-state index in [0.29, 0.717) is 25.2 Å². The van der Waals surface area contributed by atoms with Crippen LogP contribution in [0.4, 0.5) is 0 Å². The van der Waals surface area contributed by atoms with E-state index in [0.717, 1.165) is 30.6 Å². The maximum atomic E-state index is 12.5. The molecule has 0 spiro atoms. The maximum Gasteiger partial charge on any atom is 0.251 e. The van der Waals surface area contributed by atoms with E-state index in [-0.39, 0.29) is 17.4 Å². The van der Waals surface area contributed by atoms with Crippen molar-refractivity contribution in [1.29, 1.82) is 0 Å². The Hall–Kier alpha value is -2.50. The van der Waals surface area contributed by atoms with Gasteiger partial charge in [0.25, 0.3) is 5.56 Å². The highest BCUT2D eigenvalue weighted by molar-refractivity contribution is 5.76. The minimum Gasteiger partial charge on any atom is -0.342 e. The average molecular weight is 326 g/mol. The smallest absolute Gasteiger partial charge is 0.251 e. The van der Waals surface area contributed by atoms with Crippen LogP contribution in [0.2, 0.25) is 0 Å². The van der Waals surface area contributed by atoms with Gasteiger partial charge >= 0.3 is 0 Å². The number of hydrogen-bond acceptors (Lipinski definition) is 4. The van der Waals surface area contributed by atoms with Gasteiger partial charge in [-0.05, 0) is 37.8 Å². The number of likely N-dealkylation sites (tertiary alicyclic amines) is 1. The minimum atomic E-state index is -0.127. The summed E-state index contributed by atoms with van der Waals surface area (Å²) in [6, 6.07) is 5.43. The van der Waals surface area contributed by atoms with Crippen molar-refractivity contribution < 1.29 is 4.79 Å². The van der Waals surface area contributed by atoms with Crippen LogP contribution in [0.3, 0.4) is 0 Å². The van der Waals surface area contributed by atoms with Gasteiger partial charge in [-0.15, -0.1) is 0 Å². The normalized spacial score (nSPS) is 17.7. The highest BCUT2D eigenvalue weighted by atomic mass is 16.2.